The van der Waals surface area contributed by atoms with Crippen LogP contribution in [0.1, 0.15) is 62.9 Å². The first-order valence-electron chi connectivity index (χ1n) is 8.45. The van der Waals surface area contributed by atoms with Crippen LogP contribution in [0, 0.1) is 13.8 Å². The average molecular weight is 298 g/mol. The minimum atomic E-state index is 0.0720. The number of pyridine rings is 1. The fourth-order valence-electron chi connectivity index (χ4n) is 2.66. The first-order valence-corrected chi connectivity index (χ1v) is 8.45. The SMILES string of the molecule is CCCCNCc1cc(C(C)(C)C)nc2c(C)c(C)ccc12. The van der Waals surface area contributed by atoms with E-state index in [1.165, 1.54) is 46.1 Å². The number of aromatic nitrogens is 1. The van der Waals surface area contributed by atoms with Crippen LogP contribution >= 0.6 is 0 Å². The number of hydrogen-bond donors (Lipinski definition) is 1. The zero-order valence-electron chi connectivity index (χ0n) is 15.0. The second-order valence-corrected chi connectivity index (χ2v) is 7.35. The molecule has 0 saturated carbocycles. The Labute approximate surface area is 135 Å². The molecule has 0 bridgehead atoms. The van der Waals surface area contributed by atoms with Crippen LogP contribution in [0.3, 0.4) is 0 Å². The van der Waals surface area contributed by atoms with E-state index >= 15 is 0 Å². The molecule has 2 heteroatoms. The Balaban J connectivity index is 2.50. The maximum atomic E-state index is 4.98. The second-order valence-electron chi connectivity index (χ2n) is 7.35. The van der Waals surface area contributed by atoms with Crippen LogP contribution in [0.4, 0.5) is 0 Å². The van der Waals surface area contributed by atoms with Gasteiger partial charge in [-0.25, -0.2) is 0 Å². The van der Waals surface area contributed by atoms with Crippen LogP contribution in [0.2, 0.25) is 0 Å². The molecular formula is C20H30N2. The van der Waals surface area contributed by atoms with Gasteiger partial charge < -0.3 is 5.32 Å². The van der Waals surface area contributed by atoms with E-state index in [0.29, 0.717) is 0 Å². The van der Waals surface area contributed by atoms with E-state index in [1.807, 2.05) is 0 Å². The summed E-state index contributed by atoms with van der Waals surface area (Å²) in [4.78, 5) is 4.98. The molecule has 0 amide bonds. The molecule has 0 aliphatic heterocycles. The molecule has 0 radical (unpaired) electrons. The Morgan fingerprint density at radius 3 is 2.50 bits per heavy atom. The van der Waals surface area contributed by atoms with Gasteiger partial charge >= 0.3 is 0 Å². The lowest BCUT2D eigenvalue weighted by Crippen LogP contribution is -2.18. The highest BCUT2D eigenvalue weighted by Crippen LogP contribution is 2.29. The van der Waals surface area contributed by atoms with Gasteiger partial charge in [0.15, 0.2) is 0 Å². The molecule has 0 spiro atoms. The molecular weight excluding hydrogens is 268 g/mol. The summed E-state index contributed by atoms with van der Waals surface area (Å²) in [7, 11) is 0. The van der Waals surface area contributed by atoms with Crippen LogP contribution in [0.5, 0.6) is 0 Å². The van der Waals surface area contributed by atoms with Gasteiger partial charge in [0.05, 0.1) is 5.52 Å². The maximum Gasteiger partial charge on any atom is 0.0740 e. The van der Waals surface area contributed by atoms with Crippen molar-refractivity contribution in [3.63, 3.8) is 0 Å². The third kappa shape index (κ3) is 3.67. The molecule has 0 aliphatic rings. The van der Waals surface area contributed by atoms with Gasteiger partial charge in [0.25, 0.3) is 0 Å². The van der Waals surface area contributed by atoms with Crippen LogP contribution in [0.25, 0.3) is 10.9 Å². The van der Waals surface area contributed by atoms with Gasteiger partial charge in [-0.05, 0) is 49.6 Å². The summed E-state index contributed by atoms with van der Waals surface area (Å²) >= 11 is 0. The molecule has 0 unspecified atom stereocenters. The third-order valence-electron chi connectivity index (χ3n) is 4.38. The third-order valence-corrected chi connectivity index (χ3v) is 4.38. The van der Waals surface area contributed by atoms with Gasteiger partial charge in [-0.1, -0.05) is 46.2 Å². The van der Waals surface area contributed by atoms with Gasteiger partial charge in [-0.3, -0.25) is 4.98 Å². The molecule has 0 fully saturated rings. The van der Waals surface area contributed by atoms with Crippen molar-refractivity contribution in [3.8, 4) is 0 Å². The van der Waals surface area contributed by atoms with E-state index in [4.69, 9.17) is 4.98 Å². The topological polar surface area (TPSA) is 24.9 Å². The van der Waals surface area contributed by atoms with Crippen molar-refractivity contribution in [2.45, 2.75) is 66.3 Å². The zero-order chi connectivity index (χ0) is 16.3. The number of hydrogen-bond acceptors (Lipinski definition) is 2. The standard InChI is InChI=1S/C20H30N2/c1-7-8-11-21-13-16-12-18(20(4,5)6)22-19-15(3)14(2)9-10-17(16)19/h9-10,12,21H,7-8,11,13H2,1-6H3. The lowest BCUT2D eigenvalue weighted by atomic mass is 9.89. The first-order chi connectivity index (χ1) is 10.3. The summed E-state index contributed by atoms with van der Waals surface area (Å²) in [6, 6.07) is 6.73. The van der Waals surface area contributed by atoms with Crippen molar-refractivity contribution in [1.82, 2.24) is 10.3 Å². The number of fused-ring (bicyclic) bond motifs is 1. The quantitative estimate of drug-likeness (QED) is 0.782. The Morgan fingerprint density at radius 2 is 1.86 bits per heavy atom. The van der Waals surface area contributed by atoms with Crippen LogP contribution < -0.4 is 5.32 Å². The molecule has 1 aromatic heterocycles. The highest BCUT2D eigenvalue weighted by Gasteiger charge is 2.18. The van der Waals surface area contributed by atoms with Crippen molar-refractivity contribution < 1.29 is 0 Å². The summed E-state index contributed by atoms with van der Waals surface area (Å²) in [6.45, 7) is 15.3. The number of aryl methyl sites for hydroxylation is 2. The number of unbranched alkanes of at least 4 members (excludes halogenated alkanes) is 1. The molecule has 22 heavy (non-hydrogen) atoms. The largest absolute Gasteiger partial charge is 0.313 e. The normalized spacial score (nSPS) is 12.1. The predicted molar refractivity (Wildman–Crippen MR) is 96.5 cm³/mol. The van der Waals surface area contributed by atoms with E-state index in [-0.39, 0.29) is 5.41 Å². The number of nitrogens with one attached hydrogen (secondary N) is 1. The minimum absolute atomic E-state index is 0.0720. The highest BCUT2D eigenvalue weighted by molar-refractivity contribution is 5.86. The van der Waals surface area contributed by atoms with Crippen molar-refractivity contribution >= 4 is 10.9 Å². The number of benzene rings is 1. The molecule has 1 heterocycles. The molecule has 0 aliphatic carbocycles. The van der Waals surface area contributed by atoms with Gasteiger partial charge in [0.1, 0.15) is 0 Å². The highest BCUT2D eigenvalue weighted by atomic mass is 14.8. The Hall–Kier alpha value is -1.41. The monoisotopic (exact) mass is 298 g/mol. The van der Waals surface area contributed by atoms with E-state index in [2.05, 4.69) is 65.1 Å². The molecule has 0 saturated heterocycles. The van der Waals surface area contributed by atoms with Crippen LogP contribution in [-0.2, 0) is 12.0 Å². The smallest absolute Gasteiger partial charge is 0.0740 e. The molecule has 0 atom stereocenters. The minimum Gasteiger partial charge on any atom is -0.313 e. The molecule has 2 nitrogen and oxygen atoms in total. The Kier molecular flexibility index (Phi) is 5.23. The molecule has 1 aromatic carbocycles. The summed E-state index contributed by atoms with van der Waals surface area (Å²) in [5.74, 6) is 0. The van der Waals surface area contributed by atoms with Gasteiger partial charge in [-0.2, -0.15) is 0 Å². The predicted octanol–water partition coefficient (Wildman–Crippen LogP) is 5.04. The van der Waals surface area contributed by atoms with E-state index in [9.17, 15) is 0 Å². The summed E-state index contributed by atoms with van der Waals surface area (Å²) < 4.78 is 0. The molecule has 1 N–H and O–H groups in total. The fraction of sp³-hybridized carbons (Fsp3) is 0.550. The summed E-state index contributed by atoms with van der Waals surface area (Å²) in [5.41, 5.74) is 6.41. The molecule has 120 valence electrons. The molecule has 2 aromatic rings. The van der Waals surface area contributed by atoms with Crippen molar-refractivity contribution in [2.24, 2.45) is 0 Å². The van der Waals surface area contributed by atoms with Gasteiger partial charge in [-0.15, -0.1) is 0 Å². The van der Waals surface area contributed by atoms with Crippen LogP contribution in [-0.4, -0.2) is 11.5 Å². The number of nitrogens with zero attached hydrogens (tertiary/aromatic N) is 1. The Bertz CT molecular complexity index is 651. The van der Waals surface area contributed by atoms with Gasteiger partial charge in [0, 0.05) is 23.0 Å². The lowest BCUT2D eigenvalue weighted by Gasteiger charge is -2.21. The van der Waals surface area contributed by atoms with Crippen molar-refractivity contribution in [3.05, 3.63) is 40.6 Å². The van der Waals surface area contributed by atoms with E-state index in [0.717, 1.165) is 13.1 Å². The zero-order valence-corrected chi connectivity index (χ0v) is 15.0. The van der Waals surface area contributed by atoms with Crippen molar-refractivity contribution in [1.29, 1.82) is 0 Å². The van der Waals surface area contributed by atoms with Crippen molar-refractivity contribution in [2.75, 3.05) is 6.54 Å². The van der Waals surface area contributed by atoms with E-state index in [1.54, 1.807) is 0 Å². The molecule has 2 rings (SSSR count). The number of rotatable bonds is 5. The second kappa shape index (κ2) is 6.78. The maximum absolute atomic E-state index is 4.98. The summed E-state index contributed by atoms with van der Waals surface area (Å²) in [6.07, 6.45) is 2.46. The average Bonchev–Trinajstić information content (AvgIpc) is 2.46. The summed E-state index contributed by atoms with van der Waals surface area (Å²) in [5, 5.41) is 4.87. The van der Waals surface area contributed by atoms with Crippen LogP contribution in [0.15, 0.2) is 18.2 Å². The van der Waals surface area contributed by atoms with Gasteiger partial charge in [0.2, 0.25) is 0 Å². The fourth-order valence-corrected chi connectivity index (χ4v) is 2.66. The first kappa shape index (κ1) is 17.0. The Morgan fingerprint density at radius 1 is 1.14 bits per heavy atom. The van der Waals surface area contributed by atoms with E-state index < -0.39 is 0 Å². The lowest BCUT2D eigenvalue weighted by molar-refractivity contribution is 0.568.